The number of ether oxygens (including phenoxy) is 1. The number of thiophene rings is 1. The van der Waals surface area contributed by atoms with Crippen molar-refractivity contribution in [2.45, 2.75) is 19.5 Å². The molecule has 0 fully saturated rings. The van der Waals surface area contributed by atoms with Crippen LogP contribution in [0.4, 0.5) is 0 Å². The monoisotopic (exact) mass is 305 g/mol. The maximum atomic E-state index is 9.42. The van der Waals surface area contributed by atoms with E-state index in [9.17, 15) is 10.0 Å². The molecule has 1 aromatic carbocycles. The molecule has 2 aromatic rings. The van der Waals surface area contributed by atoms with Gasteiger partial charge in [-0.05, 0) is 37.0 Å². The minimum absolute atomic E-state index is 0.314. The quantitative estimate of drug-likeness (QED) is 0.797. The summed E-state index contributed by atoms with van der Waals surface area (Å²) in [6.45, 7) is 2.89. The molecule has 0 bridgehead atoms. The van der Waals surface area contributed by atoms with Crippen molar-refractivity contribution in [1.82, 2.24) is 4.90 Å². The molecule has 0 aliphatic rings. The zero-order valence-corrected chi connectivity index (χ0v) is 13.3. The van der Waals surface area contributed by atoms with Crippen LogP contribution in [-0.4, -0.2) is 36.2 Å². The Morgan fingerprint density at radius 3 is 2.67 bits per heavy atom. The molecule has 2 rings (SSSR count). The third-order valence-corrected chi connectivity index (χ3v) is 4.66. The molecule has 0 aliphatic carbocycles. The summed E-state index contributed by atoms with van der Waals surface area (Å²) in [6.07, 6.45) is 0. The SMILES string of the molecule is COc1ccc(CN(C)C(C)c2cccs2)cc1B(O)O. The van der Waals surface area contributed by atoms with Crippen LogP contribution in [0.5, 0.6) is 5.75 Å². The Hall–Kier alpha value is -1.34. The molecular weight excluding hydrogens is 285 g/mol. The summed E-state index contributed by atoms with van der Waals surface area (Å²) >= 11 is 1.74. The van der Waals surface area contributed by atoms with Gasteiger partial charge in [-0.3, -0.25) is 4.90 Å². The Balaban J connectivity index is 2.14. The fraction of sp³-hybridized carbons (Fsp3) is 0.333. The van der Waals surface area contributed by atoms with Crippen LogP contribution < -0.4 is 10.2 Å². The number of hydrogen-bond acceptors (Lipinski definition) is 5. The van der Waals surface area contributed by atoms with Crippen molar-refractivity contribution >= 4 is 23.9 Å². The molecule has 1 atom stereocenters. The molecule has 0 radical (unpaired) electrons. The summed E-state index contributed by atoms with van der Waals surface area (Å²) in [4.78, 5) is 3.54. The predicted molar refractivity (Wildman–Crippen MR) is 87.0 cm³/mol. The lowest BCUT2D eigenvalue weighted by atomic mass is 9.78. The summed E-state index contributed by atoms with van der Waals surface area (Å²) < 4.78 is 5.14. The lowest BCUT2D eigenvalue weighted by Crippen LogP contribution is -2.32. The van der Waals surface area contributed by atoms with Crippen molar-refractivity contribution in [2.75, 3.05) is 14.2 Å². The van der Waals surface area contributed by atoms with Crippen molar-refractivity contribution in [3.63, 3.8) is 0 Å². The zero-order chi connectivity index (χ0) is 15.4. The Bertz CT molecular complexity index is 574. The minimum Gasteiger partial charge on any atom is -0.497 e. The topological polar surface area (TPSA) is 52.9 Å². The smallest absolute Gasteiger partial charge is 0.492 e. The molecule has 21 heavy (non-hydrogen) atoms. The average molecular weight is 305 g/mol. The van der Waals surface area contributed by atoms with E-state index < -0.39 is 7.12 Å². The highest BCUT2D eigenvalue weighted by Gasteiger charge is 2.19. The molecule has 0 saturated heterocycles. The van der Waals surface area contributed by atoms with E-state index in [2.05, 4.69) is 36.4 Å². The second-order valence-corrected chi connectivity index (χ2v) is 6.04. The van der Waals surface area contributed by atoms with E-state index in [4.69, 9.17) is 4.74 Å². The predicted octanol–water partition coefficient (Wildman–Crippen LogP) is 1.63. The van der Waals surface area contributed by atoms with Crippen molar-refractivity contribution < 1.29 is 14.8 Å². The van der Waals surface area contributed by atoms with Crippen LogP contribution in [0.2, 0.25) is 0 Å². The van der Waals surface area contributed by atoms with Gasteiger partial charge in [0.15, 0.2) is 0 Å². The van der Waals surface area contributed by atoms with Gasteiger partial charge in [-0.2, -0.15) is 0 Å². The van der Waals surface area contributed by atoms with E-state index in [1.54, 1.807) is 23.5 Å². The van der Waals surface area contributed by atoms with Gasteiger partial charge < -0.3 is 14.8 Å². The molecular formula is C15H20BNO3S. The van der Waals surface area contributed by atoms with Crippen LogP contribution in [0.25, 0.3) is 0 Å². The van der Waals surface area contributed by atoms with E-state index in [0.29, 0.717) is 17.3 Å². The van der Waals surface area contributed by atoms with E-state index in [1.807, 2.05) is 6.07 Å². The Kier molecular flexibility index (Phi) is 5.42. The molecule has 1 aromatic heterocycles. The molecule has 0 spiro atoms. The highest BCUT2D eigenvalue weighted by molar-refractivity contribution is 7.10. The summed E-state index contributed by atoms with van der Waals surface area (Å²) in [5, 5.41) is 20.9. The molecule has 0 amide bonds. The molecule has 0 saturated carbocycles. The third-order valence-electron chi connectivity index (χ3n) is 3.62. The summed E-state index contributed by atoms with van der Waals surface area (Å²) in [6, 6.07) is 9.99. The van der Waals surface area contributed by atoms with Gasteiger partial charge in [0.1, 0.15) is 5.75 Å². The van der Waals surface area contributed by atoms with Crippen LogP contribution in [0.1, 0.15) is 23.4 Å². The van der Waals surface area contributed by atoms with Gasteiger partial charge in [-0.15, -0.1) is 11.3 Å². The number of hydrogen-bond donors (Lipinski definition) is 2. The van der Waals surface area contributed by atoms with Crippen LogP contribution in [0.15, 0.2) is 35.7 Å². The Morgan fingerprint density at radius 2 is 2.10 bits per heavy atom. The highest BCUT2D eigenvalue weighted by atomic mass is 32.1. The van der Waals surface area contributed by atoms with Crippen LogP contribution in [0.3, 0.4) is 0 Å². The van der Waals surface area contributed by atoms with Gasteiger partial charge in [0.25, 0.3) is 0 Å². The van der Waals surface area contributed by atoms with Crippen molar-refractivity contribution in [1.29, 1.82) is 0 Å². The number of nitrogens with zero attached hydrogens (tertiary/aromatic N) is 1. The Morgan fingerprint density at radius 1 is 1.33 bits per heavy atom. The minimum atomic E-state index is -1.53. The van der Waals surface area contributed by atoms with Crippen molar-refractivity contribution in [2.24, 2.45) is 0 Å². The maximum Gasteiger partial charge on any atom is 0.492 e. The second-order valence-electron chi connectivity index (χ2n) is 5.06. The van der Waals surface area contributed by atoms with Gasteiger partial charge >= 0.3 is 7.12 Å². The van der Waals surface area contributed by atoms with E-state index in [-0.39, 0.29) is 0 Å². The first-order chi connectivity index (χ1) is 10.0. The summed E-state index contributed by atoms with van der Waals surface area (Å²) in [7, 11) is 2.05. The van der Waals surface area contributed by atoms with Gasteiger partial charge in [0.05, 0.1) is 7.11 Å². The van der Waals surface area contributed by atoms with Gasteiger partial charge in [-0.25, -0.2) is 0 Å². The van der Waals surface area contributed by atoms with Gasteiger partial charge in [0.2, 0.25) is 0 Å². The van der Waals surface area contributed by atoms with Crippen LogP contribution >= 0.6 is 11.3 Å². The summed E-state index contributed by atoms with van der Waals surface area (Å²) in [5.41, 5.74) is 1.41. The van der Waals surface area contributed by atoms with E-state index in [0.717, 1.165) is 12.1 Å². The largest absolute Gasteiger partial charge is 0.497 e. The van der Waals surface area contributed by atoms with E-state index >= 15 is 0 Å². The van der Waals surface area contributed by atoms with Crippen molar-refractivity contribution in [3.8, 4) is 5.75 Å². The normalized spacial score (nSPS) is 12.5. The molecule has 2 N–H and O–H groups in total. The molecule has 6 heteroatoms. The van der Waals surface area contributed by atoms with Crippen LogP contribution in [0, 0.1) is 0 Å². The van der Waals surface area contributed by atoms with Gasteiger partial charge in [0, 0.05) is 22.9 Å². The fourth-order valence-electron chi connectivity index (χ4n) is 2.26. The first-order valence-electron chi connectivity index (χ1n) is 6.79. The first-order valence-corrected chi connectivity index (χ1v) is 7.67. The second kappa shape index (κ2) is 7.09. The highest BCUT2D eigenvalue weighted by Crippen LogP contribution is 2.24. The number of benzene rings is 1. The molecule has 0 aliphatic heterocycles. The zero-order valence-electron chi connectivity index (χ0n) is 12.5. The number of rotatable bonds is 6. The first kappa shape index (κ1) is 16.0. The maximum absolute atomic E-state index is 9.42. The molecule has 1 unspecified atom stereocenters. The van der Waals surface area contributed by atoms with Crippen molar-refractivity contribution in [3.05, 3.63) is 46.2 Å². The lowest BCUT2D eigenvalue weighted by molar-refractivity contribution is 0.256. The standard InChI is InChI=1S/C15H20BNO3S/c1-11(15-5-4-8-21-15)17(2)10-12-6-7-14(20-3)13(9-12)16(18)19/h4-9,11,18-19H,10H2,1-3H3. The third kappa shape index (κ3) is 3.86. The molecule has 112 valence electrons. The average Bonchev–Trinajstić information content (AvgIpc) is 3.00. The summed E-state index contributed by atoms with van der Waals surface area (Å²) in [5.74, 6) is 0.489. The lowest BCUT2D eigenvalue weighted by Gasteiger charge is -2.24. The fourth-order valence-corrected chi connectivity index (χ4v) is 3.10. The molecule has 1 heterocycles. The van der Waals surface area contributed by atoms with Crippen LogP contribution in [-0.2, 0) is 6.54 Å². The van der Waals surface area contributed by atoms with Gasteiger partial charge in [-0.1, -0.05) is 18.2 Å². The van der Waals surface area contributed by atoms with E-state index in [1.165, 1.54) is 12.0 Å². The molecule has 4 nitrogen and oxygen atoms in total. The Labute approximate surface area is 129 Å². The number of methoxy groups -OCH3 is 1.